The second kappa shape index (κ2) is 4.17. The molecule has 1 aromatic carbocycles. The van der Waals surface area contributed by atoms with Crippen LogP contribution >= 0.6 is 33.3 Å². The highest BCUT2D eigenvalue weighted by atomic mass is 35.7. The minimum Gasteiger partial charge on any atom is -0.478 e. The number of halogens is 3. The van der Waals surface area contributed by atoms with Gasteiger partial charge in [-0.25, -0.2) is 9.18 Å². The van der Waals surface area contributed by atoms with Gasteiger partial charge in [-0.2, -0.15) is 0 Å². The Hall–Kier alpha value is -0.450. The highest BCUT2D eigenvalue weighted by Gasteiger charge is 2.13. The van der Waals surface area contributed by atoms with E-state index in [-0.39, 0.29) is 15.5 Å². The van der Waals surface area contributed by atoms with Crippen LogP contribution in [-0.4, -0.2) is 11.1 Å². The van der Waals surface area contributed by atoms with Crippen molar-refractivity contribution in [2.75, 3.05) is 0 Å². The van der Waals surface area contributed by atoms with Crippen molar-refractivity contribution < 1.29 is 14.3 Å². The van der Waals surface area contributed by atoms with Gasteiger partial charge in [-0.1, -0.05) is 11.6 Å². The third kappa shape index (κ3) is 2.27. The largest absolute Gasteiger partial charge is 0.478 e. The van der Waals surface area contributed by atoms with Crippen LogP contribution in [0.25, 0.3) is 0 Å². The SMILES string of the molecule is O=C(O)c1cc(SCl)c(F)cc1Cl. The number of aromatic carboxylic acids is 1. The number of carbonyl (C=O) groups is 1. The average molecular weight is 241 g/mol. The van der Waals surface area contributed by atoms with E-state index in [1.54, 1.807) is 0 Å². The Morgan fingerprint density at radius 2 is 2.15 bits per heavy atom. The molecule has 0 aliphatic heterocycles. The van der Waals surface area contributed by atoms with E-state index in [2.05, 4.69) is 0 Å². The summed E-state index contributed by atoms with van der Waals surface area (Å²) in [6.07, 6.45) is 0. The molecule has 2 nitrogen and oxygen atoms in total. The minimum atomic E-state index is -1.21. The fourth-order valence-corrected chi connectivity index (χ4v) is 1.63. The molecule has 0 spiro atoms. The monoisotopic (exact) mass is 240 g/mol. The number of hydrogen-bond acceptors (Lipinski definition) is 2. The molecular formula is C7H3Cl2FO2S. The Morgan fingerprint density at radius 3 is 2.62 bits per heavy atom. The number of hydrogen-bond donors (Lipinski definition) is 1. The standard InChI is InChI=1S/C7H3Cl2FO2S/c8-4-2-5(10)6(13-9)1-3(4)7(11)12/h1-2H,(H,11,12). The normalized spacial score (nSPS) is 10.1. The molecule has 0 bridgehead atoms. The number of benzene rings is 1. The maximum atomic E-state index is 12.9. The Kier molecular flexibility index (Phi) is 3.41. The van der Waals surface area contributed by atoms with Crippen LogP contribution < -0.4 is 0 Å². The van der Waals surface area contributed by atoms with Crippen molar-refractivity contribution >= 4 is 39.2 Å². The van der Waals surface area contributed by atoms with E-state index < -0.39 is 11.8 Å². The van der Waals surface area contributed by atoms with Gasteiger partial charge in [0.05, 0.1) is 15.5 Å². The van der Waals surface area contributed by atoms with Crippen molar-refractivity contribution in [2.24, 2.45) is 0 Å². The highest BCUT2D eigenvalue weighted by Crippen LogP contribution is 2.29. The van der Waals surface area contributed by atoms with Gasteiger partial charge in [0.15, 0.2) is 0 Å². The predicted octanol–water partition coefficient (Wildman–Crippen LogP) is 3.42. The molecular weight excluding hydrogens is 238 g/mol. The Morgan fingerprint density at radius 1 is 1.54 bits per heavy atom. The van der Waals surface area contributed by atoms with Gasteiger partial charge in [0.2, 0.25) is 0 Å². The number of carboxylic acid groups (broad SMARTS) is 1. The van der Waals surface area contributed by atoms with Crippen LogP contribution in [0.3, 0.4) is 0 Å². The van der Waals surface area contributed by atoms with Crippen LogP contribution in [-0.2, 0) is 0 Å². The van der Waals surface area contributed by atoms with E-state index in [0.29, 0.717) is 11.0 Å². The summed E-state index contributed by atoms with van der Waals surface area (Å²) in [5.41, 5.74) is -0.161. The first-order valence-electron chi connectivity index (χ1n) is 3.07. The van der Waals surface area contributed by atoms with Crippen LogP contribution in [0.5, 0.6) is 0 Å². The molecule has 0 aromatic heterocycles. The van der Waals surface area contributed by atoms with Crippen molar-refractivity contribution in [2.45, 2.75) is 4.90 Å². The molecule has 1 N–H and O–H groups in total. The molecule has 0 heterocycles. The minimum absolute atomic E-state index is 0.0449. The molecule has 0 amide bonds. The van der Waals surface area contributed by atoms with Crippen LogP contribution in [0.15, 0.2) is 17.0 Å². The average Bonchev–Trinajstić information content (AvgIpc) is 2.03. The van der Waals surface area contributed by atoms with Crippen LogP contribution in [0.4, 0.5) is 4.39 Å². The zero-order valence-corrected chi connectivity index (χ0v) is 8.38. The Labute approximate surface area is 87.2 Å². The summed E-state index contributed by atoms with van der Waals surface area (Å²) in [6.45, 7) is 0. The van der Waals surface area contributed by atoms with Gasteiger partial charge in [-0.15, -0.1) is 0 Å². The lowest BCUT2D eigenvalue weighted by Gasteiger charge is -2.01. The molecule has 0 radical (unpaired) electrons. The van der Waals surface area contributed by atoms with E-state index >= 15 is 0 Å². The third-order valence-electron chi connectivity index (χ3n) is 1.34. The maximum absolute atomic E-state index is 12.9. The van der Waals surface area contributed by atoms with Crippen molar-refractivity contribution in [3.05, 3.63) is 28.5 Å². The van der Waals surface area contributed by atoms with Gasteiger partial charge in [-0.3, -0.25) is 0 Å². The molecule has 0 aliphatic rings. The van der Waals surface area contributed by atoms with E-state index in [1.165, 1.54) is 0 Å². The fraction of sp³-hybridized carbons (Fsp3) is 0. The van der Waals surface area contributed by atoms with Crippen LogP contribution in [0, 0.1) is 5.82 Å². The third-order valence-corrected chi connectivity index (χ3v) is 2.63. The van der Waals surface area contributed by atoms with Crippen LogP contribution in [0.1, 0.15) is 10.4 Å². The van der Waals surface area contributed by atoms with E-state index in [4.69, 9.17) is 27.4 Å². The lowest BCUT2D eigenvalue weighted by Crippen LogP contribution is -1.98. The van der Waals surface area contributed by atoms with E-state index in [1.807, 2.05) is 0 Å². The molecule has 0 aliphatic carbocycles. The molecule has 0 unspecified atom stereocenters. The lowest BCUT2D eigenvalue weighted by atomic mass is 10.2. The zero-order chi connectivity index (χ0) is 10.0. The molecule has 1 rings (SSSR count). The van der Waals surface area contributed by atoms with Crippen molar-refractivity contribution in [3.8, 4) is 0 Å². The second-order valence-electron chi connectivity index (χ2n) is 2.14. The summed E-state index contributed by atoms with van der Waals surface area (Å²) in [7, 11) is 5.91. The molecule has 6 heteroatoms. The molecule has 0 atom stereocenters. The Balaban J connectivity index is 3.30. The van der Waals surface area contributed by atoms with Crippen molar-refractivity contribution in [1.82, 2.24) is 0 Å². The van der Waals surface area contributed by atoms with E-state index in [9.17, 15) is 9.18 Å². The van der Waals surface area contributed by atoms with Crippen LogP contribution in [0.2, 0.25) is 5.02 Å². The molecule has 0 fully saturated rings. The van der Waals surface area contributed by atoms with Crippen molar-refractivity contribution in [1.29, 1.82) is 0 Å². The van der Waals surface area contributed by atoms with Crippen molar-refractivity contribution in [3.63, 3.8) is 0 Å². The quantitative estimate of drug-likeness (QED) is 0.861. The van der Waals surface area contributed by atoms with Gasteiger partial charge in [0.25, 0.3) is 0 Å². The summed E-state index contributed by atoms with van der Waals surface area (Å²) in [6, 6.07) is 2.02. The molecule has 70 valence electrons. The topological polar surface area (TPSA) is 37.3 Å². The highest BCUT2D eigenvalue weighted by molar-refractivity contribution is 8.21. The van der Waals surface area contributed by atoms with E-state index in [0.717, 1.165) is 12.1 Å². The molecule has 1 aromatic rings. The summed E-state index contributed by atoms with van der Waals surface area (Å²) in [5, 5.41) is 8.48. The molecule has 13 heavy (non-hydrogen) atoms. The first kappa shape index (κ1) is 10.6. The number of rotatable bonds is 2. The zero-order valence-electron chi connectivity index (χ0n) is 6.05. The summed E-state index contributed by atoms with van der Waals surface area (Å²) < 4.78 is 12.9. The van der Waals surface area contributed by atoms with Gasteiger partial charge in [0.1, 0.15) is 5.82 Å². The fourth-order valence-electron chi connectivity index (χ4n) is 0.752. The Bertz CT molecular complexity index is 357. The van der Waals surface area contributed by atoms with Gasteiger partial charge < -0.3 is 5.11 Å². The summed E-state index contributed by atoms with van der Waals surface area (Å²) in [4.78, 5) is 10.6. The lowest BCUT2D eigenvalue weighted by molar-refractivity contribution is 0.0696. The summed E-state index contributed by atoms with van der Waals surface area (Å²) in [5.74, 6) is -1.84. The first-order chi connectivity index (χ1) is 6.06. The second-order valence-corrected chi connectivity index (χ2v) is 3.61. The summed E-state index contributed by atoms with van der Waals surface area (Å²) >= 11 is 5.48. The first-order valence-corrected chi connectivity index (χ1v) is 5.09. The number of carboxylic acids is 1. The van der Waals surface area contributed by atoms with Gasteiger partial charge in [0, 0.05) is 0 Å². The van der Waals surface area contributed by atoms with Gasteiger partial charge >= 0.3 is 5.97 Å². The van der Waals surface area contributed by atoms with Gasteiger partial charge in [-0.05, 0) is 33.8 Å². The molecule has 0 saturated carbocycles. The molecule has 0 saturated heterocycles. The smallest absolute Gasteiger partial charge is 0.337 e. The predicted molar refractivity (Wildman–Crippen MR) is 50.1 cm³/mol. The maximum Gasteiger partial charge on any atom is 0.337 e.